The highest BCUT2D eigenvalue weighted by atomic mass is 19.1. The topological polar surface area (TPSA) is 34.1 Å². The summed E-state index contributed by atoms with van der Waals surface area (Å²) in [7, 11) is 0. The van der Waals surface area contributed by atoms with Crippen LogP contribution in [0.4, 0.5) is 4.39 Å². The van der Waals surface area contributed by atoms with Crippen molar-refractivity contribution in [3.8, 4) is 5.75 Å². The number of hydrogen-bond acceptors (Lipinski definition) is 3. The zero-order chi connectivity index (χ0) is 16.4. The van der Waals surface area contributed by atoms with E-state index in [2.05, 4.69) is 28.5 Å². The van der Waals surface area contributed by atoms with Gasteiger partial charge in [0.2, 0.25) is 0 Å². The molecule has 2 unspecified atom stereocenters. The first-order chi connectivity index (χ1) is 11.8. The number of ether oxygens (including phenoxy) is 1. The van der Waals surface area contributed by atoms with E-state index in [9.17, 15) is 4.39 Å². The van der Waals surface area contributed by atoms with Gasteiger partial charge in [0.15, 0.2) is 0 Å². The molecule has 4 heteroatoms. The summed E-state index contributed by atoms with van der Waals surface area (Å²) in [6.07, 6.45) is 3.73. The van der Waals surface area contributed by atoms with Gasteiger partial charge in [0.25, 0.3) is 0 Å². The third-order valence-corrected chi connectivity index (χ3v) is 4.58. The molecule has 0 saturated carbocycles. The molecule has 2 atom stereocenters. The second-order valence-corrected chi connectivity index (χ2v) is 6.21. The maximum Gasteiger partial charge on any atom is 0.141 e. The Labute approximate surface area is 140 Å². The molecule has 1 N–H and O–H groups in total. The molecule has 1 saturated heterocycles. The van der Waals surface area contributed by atoms with Gasteiger partial charge in [0.05, 0.1) is 6.20 Å². The number of nitrogens with one attached hydrogen (secondary N) is 1. The summed E-state index contributed by atoms with van der Waals surface area (Å²) < 4.78 is 20.1. The Morgan fingerprint density at radius 1 is 1.12 bits per heavy atom. The highest BCUT2D eigenvalue weighted by molar-refractivity contribution is 5.88. The summed E-state index contributed by atoms with van der Waals surface area (Å²) in [6, 6.07) is 15.7. The van der Waals surface area contributed by atoms with Crippen molar-refractivity contribution in [3.05, 3.63) is 72.3 Å². The second kappa shape index (κ2) is 6.57. The van der Waals surface area contributed by atoms with Gasteiger partial charge in [0, 0.05) is 29.6 Å². The van der Waals surface area contributed by atoms with E-state index in [0.29, 0.717) is 5.92 Å². The van der Waals surface area contributed by atoms with Crippen LogP contribution in [0.1, 0.15) is 18.1 Å². The van der Waals surface area contributed by atoms with Crippen LogP contribution in [0.2, 0.25) is 0 Å². The van der Waals surface area contributed by atoms with Crippen molar-refractivity contribution in [1.82, 2.24) is 10.3 Å². The Hall–Kier alpha value is -2.46. The third-order valence-electron chi connectivity index (χ3n) is 4.58. The molecule has 0 radical (unpaired) electrons. The first kappa shape index (κ1) is 15.1. The molecule has 3 aromatic rings. The predicted octanol–water partition coefficient (Wildman–Crippen LogP) is 4.10. The first-order valence-electron chi connectivity index (χ1n) is 8.27. The van der Waals surface area contributed by atoms with Gasteiger partial charge < -0.3 is 10.1 Å². The Kier molecular flexibility index (Phi) is 4.13. The van der Waals surface area contributed by atoms with Crippen molar-refractivity contribution >= 4 is 10.8 Å². The first-order valence-corrected chi connectivity index (χ1v) is 8.27. The van der Waals surface area contributed by atoms with Crippen LogP contribution in [0.3, 0.4) is 0 Å². The lowest BCUT2D eigenvalue weighted by Gasteiger charge is -2.25. The zero-order valence-corrected chi connectivity index (χ0v) is 13.3. The highest BCUT2D eigenvalue weighted by Gasteiger charge is 2.29. The molecule has 1 aliphatic rings. The van der Waals surface area contributed by atoms with E-state index in [1.165, 1.54) is 12.3 Å². The fourth-order valence-electron chi connectivity index (χ4n) is 3.39. The minimum absolute atomic E-state index is 0.214. The van der Waals surface area contributed by atoms with Crippen LogP contribution in [0.25, 0.3) is 10.8 Å². The van der Waals surface area contributed by atoms with Gasteiger partial charge in [-0.05, 0) is 30.5 Å². The lowest BCUT2D eigenvalue weighted by atomic mass is 9.95. The van der Waals surface area contributed by atoms with Crippen molar-refractivity contribution in [2.75, 3.05) is 13.1 Å². The molecule has 1 aliphatic heterocycles. The number of fused-ring (bicyclic) bond motifs is 1. The Morgan fingerprint density at radius 3 is 2.83 bits per heavy atom. The van der Waals surface area contributed by atoms with E-state index in [0.717, 1.165) is 41.6 Å². The van der Waals surface area contributed by atoms with Crippen LogP contribution < -0.4 is 10.1 Å². The molecule has 0 aliphatic carbocycles. The van der Waals surface area contributed by atoms with Gasteiger partial charge in [-0.2, -0.15) is 0 Å². The average molecular weight is 322 g/mol. The molecule has 1 fully saturated rings. The second-order valence-electron chi connectivity index (χ2n) is 6.21. The molecule has 2 aromatic carbocycles. The fourth-order valence-corrected chi connectivity index (χ4v) is 3.39. The Bertz CT molecular complexity index is 840. The normalized spacial score (nSPS) is 18.6. The van der Waals surface area contributed by atoms with E-state index >= 15 is 0 Å². The number of rotatable bonds is 4. The summed E-state index contributed by atoms with van der Waals surface area (Å²) in [4.78, 5) is 4.01. The maximum absolute atomic E-state index is 13.7. The lowest BCUT2D eigenvalue weighted by molar-refractivity contribution is 0.146. The van der Waals surface area contributed by atoms with Crippen LogP contribution in [0.5, 0.6) is 5.75 Å². The third kappa shape index (κ3) is 2.97. The van der Waals surface area contributed by atoms with Crippen molar-refractivity contribution in [2.24, 2.45) is 5.92 Å². The standard InChI is InChI=1S/C20H19FN2O/c21-17-10-16(12-23-13-17)20(15-8-9-22-11-15)24-19-7-3-5-14-4-1-2-6-18(14)19/h1-7,10,12-13,15,20,22H,8-9,11H2. The molecule has 0 bridgehead atoms. The molecule has 122 valence electrons. The SMILES string of the molecule is Fc1cncc(C(Oc2cccc3ccccc23)C2CCNC2)c1. The quantitative estimate of drug-likeness (QED) is 0.785. The number of aromatic nitrogens is 1. The van der Waals surface area contributed by atoms with E-state index in [4.69, 9.17) is 4.74 Å². The van der Waals surface area contributed by atoms with Crippen LogP contribution in [0, 0.1) is 11.7 Å². The minimum Gasteiger partial charge on any atom is -0.485 e. The minimum atomic E-state index is -0.329. The van der Waals surface area contributed by atoms with Gasteiger partial charge in [-0.15, -0.1) is 0 Å². The molecule has 2 heterocycles. The van der Waals surface area contributed by atoms with E-state index in [-0.39, 0.29) is 11.9 Å². The summed E-state index contributed by atoms with van der Waals surface area (Å²) in [5.41, 5.74) is 0.789. The number of benzene rings is 2. The molecular formula is C20H19FN2O. The van der Waals surface area contributed by atoms with E-state index in [1.54, 1.807) is 6.20 Å². The molecule has 1 aromatic heterocycles. The Balaban J connectivity index is 1.73. The van der Waals surface area contributed by atoms with Crippen LogP contribution in [0.15, 0.2) is 60.9 Å². The highest BCUT2D eigenvalue weighted by Crippen LogP contribution is 2.35. The summed E-state index contributed by atoms with van der Waals surface area (Å²) >= 11 is 0. The van der Waals surface area contributed by atoms with Crippen molar-refractivity contribution in [3.63, 3.8) is 0 Å². The molecule has 0 spiro atoms. The fraction of sp³-hybridized carbons (Fsp3) is 0.250. The van der Waals surface area contributed by atoms with Crippen LogP contribution in [-0.2, 0) is 0 Å². The number of halogens is 1. The van der Waals surface area contributed by atoms with Crippen LogP contribution >= 0.6 is 0 Å². The molecule has 24 heavy (non-hydrogen) atoms. The summed E-state index contributed by atoms with van der Waals surface area (Å²) in [5, 5.41) is 5.57. The maximum atomic E-state index is 13.7. The predicted molar refractivity (Wildman–Crippen MR) is 92.5 cm³/mol. The largest absolute Gasteiger partial charge is 0.485 e. The van der Waals surface area contributed by atoms with Crippen molar-refractivity contribution in [2.45, 2.75) is 12.5 Å². The average Bonchev–Trinajstić information content (AvgIpc) is 3.14. The van der Waals surface area contributed by atoms with Crippen LogP contribution in [-0.4, -0.2) is 18.1 Å². The number of nitrogens with zero attached hydrogens (tertiary/aromatic N) is 1. The molecular weight excluding hydrogens is 303 g/mol. The van der Waals surface area contributed by atoms with E-state index in [1.807, 2.05) is 24.3 Å². The van der Waals surface area contributed by atoms with Gasteiger partial charge in [-0.3, -0.25) is 4.98 Å². The smallest absolute Gasteiger partial charge is 0.141 e. The van der Waals surface area contributed by atoms with Crippen molar-refractivity contribution < 1.29 is 9.13 Å². The lowest BCUT2D eigenvalue weighted by Crippen LogP contribution is -2.21. The van der Waals surface area contributed by atoms with Gasteiger partial charge in [-0.1, -0.05) is 36.4 Å². The number of hydrogen-bond donors (Lipinski definition) is 1. The number of pyridine rings is 1. The molecule has 4 rings (SSSR count). The van der Waals surface area contributed by atoms with Gasteiger partial charge >= 0.3 is 0 Å². The van der Waals surface area contributed by atoms with Gasteiger partial charge in [-0.25, -0.2) is 4.39 Å². The zero-order valence-electron chi connectivity index (χ0n) is 13.3. The summed E-state index contributed by atoms with van der Waals surface area (Å²) in [6.45, 7) is 1.83. The Morgan fingerprint density at radius 2 is 2.00 bits per heavy atom. The molecule has 0 amide bonds. The van der Waals surface area contributed by atoms with Crippen molar-refractivity contribution in [1.29, 1.82) is 0 Å². The van der Waals surface area contributed by atoms with E-state index < -0.39 is 0 Å². The summed E-state index contributed by atoms with van der Waals surface area (Å²) in [5.74, 6) is 0.798. The monoisotopic (exact) mass is 322 g/mol. The molecule has 3 nitrogen and oxygen atoms in total. The van der Waals surface area contributed by atoms with Gasteiger partial charge in [0.1, 0.15) is 17.7 Å².